The van der Waals surface area contributed by atoms with Gasteiger partial charge >= 0.3 is 17.5 Å². The molecule has 2 aromatic carbocycles. The lowest BCUT2D eigenvalue weighted by Gasteiger charge is -2.17. The Kier molecular flexibility index (Phi) is 6.86. The first kappa shape index (κ1) is 20.8. The average Bonchev–Trinajstić information content (AvgIpc) is 2.61. The summed E-state index contributed by atoms with van der Waals surface area (Å²) in [5, 5.41) is 9.92. The highest BCUT2D eigenvalue weighted by molar-refractivity contribution is 6.30. The molecular formula is C18H12Cl2O7. The van der Waals surface area contributed by atoms with Gasteiger partial charge in [0.15, 0.2) is 0 Å². The molecular weight excluding hydrogens is 399 g/mol. The smallest absolute Gasteiger partial charge is 0.361 e. The fourth-order valence-corrected chi connectivity index (χ4v) is 2.25. The van der Waals surface area contributed by atoms with Gasteiger partial charge in [-0.25, -0.2) is 27.8 Å². The fraction of sp³-hybridized carbons (Fsp3) is 0. The van der Waals surface area contributed by atoms with Crippen molar-refractivity contribution in [3.63, 3.8) is 0 Å². The maximum atomic E-state index is 11.4. The monoisotopic (exact) mass is 410 g/mol. The van der Waals surface area contributed by atoms with Gasteiger partial charge in [0.05, 0.1) is 28.8 Å². The first-order valence-corrected chi connectivity index (χ1v) is 8.89. The van der Waals surface area contributed by atoms with Crippen molar-refractivity contribution in [2.75, 3.05) is 0 Å². The zero-order chi connectivity index (χ0) is 20.0. The van der Waals surface area contributed by atoms with E-state index in [9.17, 15) is 9.90 Å². The Morgan fingerprint density at radius 3 is 1.74 bits per heavy atom. The largest absolute Gasteiger partial charge is 0.478 e. The summed E-state index contributed by atoms with van der Waals surface area (Å²) in [5.41, 5.74) is 1.76. The quantitative estimate of drug-likeness (QED) is 0.619. The van der Waals surface area contributed by atoms with Crippen molar-refractivity contribution in [3.8, 4) is 22.6 Å². The van der Waals surface area contributed by atoms with Crippen molar-refractivity contribution < 1.29 is 43.2 Å². The van der Waals surface area contributed by atoms with Gasteiger partial charge in [0, 0.05) is 5.02 Å². The molecule has 0 amide bonds. The maximum absolute atomic E-state index is 11.4. The SMILES string of the molecule is O=C(O)c1cc(-c2ccccc2)[o+]c(-c2ccc(Cl)cc2)c1.[O-][Cl+3]([O-])([O-])[O-]. The fourth-order valence-electron chi connectivity index (χ4n) is 2.13. The van der Waals surface area contributed by atoms with Gasteiger partial charge in [0.1, 0.15) is 0 Å². The molecule has 3 aromatic rings. The van der Waals surface area contributed by atoms with Crippen molar-refractivity contribution in [1.29, 1.82) is 0 Å². The summed E-state index contributed by atoms with van der Waals surface area (Å²) in [7, 11) is -4.94. The molecule has 0 saturated carbocycles. The van der Waals surface area contributed by atoms with Crippen LogP contribution in [0.4, 0.5) is 0 Å². The minimum absolute atomic E-state index is 0.176. The van der Waals surface area contributed by atoms with Crippen LogP contribution in [0.15, 0.2) is 71.1 Å². The number of carbonyl (C=O) groups is 1. The minimum atomic E-state index is -4.94. The molecule has 9 heteroatoms. The predicted octanol–water partition coefficient (Wildman–Crippen LogP) is 0.490. The molecule has 3 rings (SSSR count). The summed E-state index contributed by atoms with van der Waals surface area (Å²) in [5.74, 6) is -0.0101. The van der Waals surface area contributed by atoms with E-state index in [2.05, 4.69) is 0 Å². The summed E-state index contributed by atoms with van der Waals surface area (Å²) in [6.07, 6.45) is 0. The molecule has 0 aliphatic heterocycles. The standard InChI is InChI=1S/C18H11ClO3.ClHO4/c19-15-8-6-13(7-9-15)17-11-14(18(20)21)10-16(22-17)12-4-2-1-3-5-12;2-1(3,4)5/h1-11H;(H,2,3,4,5). The zero-order valence-electron chi connectivity index (χ0n) is 13.5. The van der Waals surface area contributed by atoms with Crippen LogP contribution in [-0.4, -0.2) is 11.1 Å². The third-order valence-corrected chi connectivity index (χ3v) is 3.48. The molecule has 0 spiro atoms. The topological polar surface area (TPSA) is 141 Å². The molecule has 0 atom stereocenters. The van der Waals surface area contributed by atoms with Crippen LogP contribution >= 0.6 is 11.6 Å². The Hall–Kier alpha value is -2.52. The van der Waals surface area contributed by atoms with Crippen molar-refractivity contribution >= 4 is 17.6 Å². The van der Waals surface area contributed by atoms with Gasteiger partial charge in [0.25, 0.3) is 0 Å². The van der Waals surface area contributed by atoms with Gasteiger partial charge < -0.3 is 5.11 Å². The molecule has 0 saturated heterocycles. The summed E-state index contributed by atoms with van der Waals surface area (Å²) in [6, 6.07) is 19.5. The van der Waals surface area contributed by atoms with Crippen LogP contribution in [0.1, 0.15) is 10.4 Å². The number of aromatic carboxylic acids is 1. The molecule has 0 bridgehead atoms. The third-order valence-electron chi connectivity index (χ3n) is 3.23. The van der Waals surface area contributed by atoms with Crippen LogP contribution in [0, 0.1) is 10.2 Å². The molecule has 1 aromatic heterocycles. The van der Waals surface area contributed by atoms with E-state index in [0.29, 0.717) is 16.5 Å². The van der Waals surface area contributed by atoms with E-state index in [-0.39, 0.29) is 5.56 Å². The molecule has 0 unspecified atom stereocenters. The van der Waals surface area contributed by atoms with Crippen LogP contribution in [0.3, 0.4) is 0 Å². The van der Waals surface area contributed by atoms with Gasteiger partial charge in [-0.2, -0.15) is 0 Å². The molecule has 0 fully saturated rings. The number of benzene rings is 2. The van der Waals surface area contributed by atoms with Crippen LogP contribution < -0.4 is 18.6 Å². The highest BCUT2D eigenvalue weighted by atomic mass is 35.7. The normalized spacial score (nSPS) is 10.7. The van der Waals surface area contributed by atoms with Crippen LogP contribution in [0.25, 0.3) is 22.6 Å². The molecule has 0 aliphatic carbocycles. The van der Waals surface area contributed by atoms with Gasteiger partial charge in [-0.15, -0.1) is 10.2 Å². The number of hydrogen-bond donors (Lipinski definition) is 1. The lowest BCUT2D eigenvalue weighted by molar-refractivity contribution is -2.00. The van der Waals surface area contributed by atoms with E-state index < -0.39 is 16.2 Å². The maximum Gasteiger partial charge on any atom is 0.361 e. The minimum Gasteiger partial charge on any atom is -0.478 e. The summed E-state index contributed by atoms with van der Waals surface area (Å²) in [4.78, 5) is 11.4. The summed E-state index contributed by atoms with van der Waals surface area (Å²) < 4.78 is 39.8. The molecule has 0 radical (unpaired) electrons. The molecule has 1 heterocycles. The second-order valence-electron chi connectivity index (χ2n) is 5.13. The van der Waals surface area contributed by atoms with E-state index in [1.807, 2.05) is 30.3 Å². The van der Waals surface area contributed by atoms with Crippen molar-refractivity contribution in [2.24, 2.45) is 0 Å². The van der Waals surface area contributed by atoms with Crippen LogP contribution in [-0.2, 0) is 0 Å². The first-order valence-electron chi connectivity index (χ1n) is 7.28. The van der Waals surface area contributed by atoms with E-state index in [4.69, 9.17) is 34.7 Å². The number of carboxylic acid groups (broad SMARTS) is 1. The van der Waals surface area contributed by atoms with Gasteiger partial charge in [-0.3, -0.25) is 0 Å². The van der Waals surface area contributed by atoms with Crippen LogP contribution in [0.2, 0.25) is 5.02 Å². The van der Waals surface area contributed by atoms with E-state index in [1.54, 1.807) is 24.3 Å². The Labute approximate surface area is 161 Å². The molecule has 7 nitrogen and oxygen atoms in total. The highest BCUT2D eigenvalue weighted by Gasteiger charge is 2.22. The Morgan fingerprint density at radius 1 is 0.852 bits per heavy atom. The highest BCUT2D eigenvalue weighted by Crippen LogP contribution is 2.29. The molecule has 0 aliphatic rings. The van der Waals surface area contributed by atoms with Gasteiger partial charge in [-0.05, 0) is 36.4 Å². The van der Waals surface area contributed by atoms with Crippen LogP contribution in [0.5, 0.6) is 0 Å². The third kappa shape index (κ3) is 6.95. The Morgan fingerprint density at radius 2 is 1.30 bits per heavy atom. The molecule has 140 valence electrons. The average molecular weight is 411 g/mol. The van der Waals surface area contributed by atoms with E-state index in [1.165, 1.54) is 12.1 Å². The number of carboxylic acids is 1. The number of rotatable bonds is 3. The number of halogens is 2. The summed E-state index contributed by atoms with van der Waals surface area (Å²) >= 11 is 5.88. The van der Waals surface area contributed by atoms with Gasteiger partial charge in [-0.1, -0.05) is 29.8 Å². The molecule has 1 N–H and O–H groups in total. The zero-order valence-corrected chi connectivity index (χ0v) is 15.0. The predicted molar refractivity (Wildman–Crippen MR) is 86.0 cm³/mol. The van der Waals surface area contributed by atoms with E-state index >= 15 is 0 Å². The second-order valence-corrected chi connectivity index (χ2v) is 6.32. The lowest BCUT2D eigenvalue weighted by atomic mass is 10.1. The summed E-state index contributed by atoms with van der Waals surface area (Å²) in [6.45, 7) is 0. The first-order chi connectivity index (χ1) is 12.6. The molecule has 27 heavy (non-hydrogen) atoms. The number of hydrogen-bond acceptors (Lipinski definition) is 5. The Balaban J connectivity index is 0.000000465. The van der Waals surface area contributed by atoms with E-state index in [0.717, 1.165) is 11.1 Å². The van der Waals surface area contributed by atoms with Crippen molar-refractivity contribution in [1.82, 2.24) is 0 Å². The lowest BCUT2D eigenvalue weighted by Crippen LogP contribution is -2.68. The second kappa shape index (κ2) is 8.92. The Bertz CT molecular complexity index is 901. The van der Waals surface area contributed by atoms with Crippen molar-refractivity contribution in [3.05, 3.63) is 77.3 Å². The van der Waals surface area contributed by atoms with Gasteiger partial charge in [0.2, 0.25) is 0 Å². The van der Waals surface area contributed by atoms with Crippen molar-refractivity contribution in [2.45, 2.75) is 0 Å².